The van der Waals surface area contributed by atoms with E-state index in [4.69, 9.17) is 0 Å². The van der Waals surface area contributed by atoms with Gasteiger partial charge in [-0.1, -0.05) is 35.7 Å². The average molecular weight is 283 g/mol. The number of halogens is 1. The van der Waals surface area contributed by atoms with Crippen LogP contribution in [0.1, 0.15) is 36.0 Å². The molecule has 0 saturated carbocycles. The van der Waals surface area contributed by atoms with Crippen LogP contribution >= 0.6 is 12.4 Å². The summed E-state index contributed by atoms with van der Waals surface area (Å²) in [4.78, 5) is 12.0. The third-order valence-electron chi connectivity index (χ3n) is 3.38. The number of benzene rings is 1. The number of hydrogen-bond donors (Lipinski definition) is 2. The molecule has 4 heteroatoms. The molecule has 106 valence electrons. The van der Waals surface area contributed by atoms with Crippen LogP contribution in [-0.4, -0.2) is 18.5 Å². The molecule has 0 spiro atoms. The van der Waals surface area contributed by atoms with E-state index in [1.54, 1.807) is 0 Å². The molecule has 1 aromatic carbocycles. The summed E-state index contributed by atoms with van der Waals surface area (Å²) >= 11 is 0. The fraction of sp³-hybridized carbons (Fsp3) is 0.533. The maximum Gasteiger partial charge on any atom is 0.237 e. The molecule has 0 aromatic heterocycles. The number of piperidine rings is 1. The summed E-state index contributed by atoms with van der Waals surface area (Å²) < 4.78 is 0. The third-order valence-corrected chi connectivity index (χ3v) is 3.38. The summed E-state index contributed by atoms with van der Waals surface area (Å²) in [6.45, 7) is 5.75. The maximum atomic E-state index is 12.0. The molecule has 0 aliphatic carbocycles. The summed E-state index contributed by atoms with van der Waals surface area (Å²) in [6.07, 6.45) is 3.29. The molecule has 1 atom stereocenters. The molecule has 1 heterocycles. The highest BCUT2D eigenvalue weighted by Gasteiger charge is 2.19. The van der Waals surface area contributed by atoms with Gasteiger partial charge in [0.2, 0.25) is 5.91 Å². The first-order valence-electron chi connectivity index (χ1n) is 6.73. The normalized spacial score (nSPS) is 18.5. The second kappa shape index (κ2) is 7.51. The van der Waals surface area contributed by atoms with E-state index in [0.717, 1.165) is 19.4 Å². The fourth-order valence-corrected chi connectivity index (χ4v) is 2.56. The largest absolute Gasteiger partial charge is 0.351 e. The van der Waals surface area contributed by atoms with Crippen LogP contribution in [0, 0.1) is 13.8 Å². The molecule has 1 aromatic rings. The number of amides is 1. The lowest BCUT2D eigenvalue weighted by molar-refractivity contribution is -0.123. The van der Waals surface area contributed by atoms with Crippen molar-refractivity contribution in [2.45, 2.75) is 45.7 Å². The van der Waals surface area contributed by atoms with Gasteiger partial charge in [-0.15, -0.1) is 12.4 Å². The molecule has 1 amide bonds. The standard InChI is InChI=1S/C15H22N2O.ClH/c1-11-7-12(2)9-13(8-11)10-17-15(18)14-5-3-4-6-16-14;/h7-9,14,16H,3-6,10H2,1-2H3,(H,17,18);1H/t14-;/m0./s1. The van der Waals surface area contributed by atoms with Crippen LogP contribution in [0.2, 0.25) is 0 Å². The number of nitrogens with one attached hydrogen (secondary N) is 2. The van der Waals surface area contributed by atoms with E-state index in [9.17, 15) is 4.79 Å². The highest BCUT2D eigenvalue weighted by Crippen LogP contribution is 2.10. The van der Waals surface area contributed by atoms with Crippen molar-refractivity contribution in [3.63, 3.8) is 0 Å². The third kappa shape index (κ3) is 4.84. The van der Waals surface area contributed by atoms with Crippen molar-refractivity contribution in [2.75, 3.05) is 6.54 Å². The molecule has 1 aliphatic heterocycles. The Balaban J connectivity index is 0.00000180. The summed E-state index contributed by atoms with van der Waals surface area (Å²) in [5.41, 5.74) is 3.67. The molecule has 1 fully saturated rings. The summed E-state index contributed by atoms with van der Waals surface area (Å²) in [5, 5.41) is 6.29. The number of rotatable bonds is 3. The second-order valence-electron chi connectivity index (χ2n) is 5.22. The summed E-state index contributed by atoms with van der Waals surface area (Å²) in [5.74, 6) is 0.133. The Labute approximate surface area is 121 Å². The van der Waals surface area contributed by atoms with Crippen LogP contribution in [0.3, 0.4) is 0 Å². The van der Waals surface area contributed by atoms with E-state index < -0.39 is 0 Å². The molecular weight excluding hydrogens is 260 g/mol. The van der Waals surface area contributed by atoms with Crippen molar-refractivity contribution in [2.24, 2.45) is 0 Å². The van der Waals surface area contributed by atoms with E-state index >= 15 is 0 Å². The van der Waals surface area contributed by atoms with Crippen molar-refractivity contribution in [3.8, 4) is 0 Å². The van der Waals surface area contributed by atoms with Crippen LogP contribution in [0.5, 0.6) is 0 Å². The van der Waals surface area contributed by atoms with Gasteiger partial charge in [0.05, 0.1) is 6.04 Å². The monoisotopic (exact) mass is 282 g/mol. The molecule has 19 heavy (non-hydrogen) atoms. The van der Waals surface area contributed by atoms with E-state index in [1.165, 1.54) is 23.1 Å². The number of hydrogen-bond acceptors (Lipinski definition) is 2. The van der Waals surface area contributed by atoms with Crippen LogP contribution in [0.4, 0.5) is 0 Å². The lowest BCUT2D eigenvalue weighted by Crippen LogP contribution is -2.46. The van der Waals surface area contributed by atoms with E-state index in [0.29, 0.717) is 6.54 Å². The molecule has 0 unspecified atom stereocenters. The number of carbonyl (C=O) groups excluding carboxylic acids is 1. The quantitative estimate of drug-likeness (QED) is 0.894. The lowest BCUT2D eigenvalue weighted by atomic mass is 10.0. The van der Waals surface area contributed by atoms with Gasteiger partial charge in [-0.2, -0.15) is 0 Å². The SMILES string of the molecule is Cc1cc(C)cc(CNC(=O)[C@@H]2CCCCN2)c1.Cl. The lowest BCUT2D eigenvalue weighted by Gasteiger charge is -2.22. The van der Waals surface area contributed by atoms with Crippen molar-refractivity contribution in [1.29, 1.82) is 0 Å². The van der Waals surface area contributed by atoms with Gasteiger partial charge in [-0.05, 0) is 38.8 Å². The molecule has 2 rings (SSSR count). The molecule has 1 saturated heterocycles. The Kier molecular flexibility index (Phi) is 6.32. The predicted molar refractivity (Wildman–Crippen MR) is 80.7 cm³/mol. The topological polar surface area (TPSA) is 41.1 Å². The van der Waals surface area contributed by atoms with Gasteiger partial charge in [0.25, 0.3) is 0 Å². The van der Waals surface area contributed by atoms with Gasteiger partial charge in [-0.3, -0.25) is 4.79 Å². The van der Waals surface area contributed by atoms with Crippen molar-refractivity contribution < 1.29 is 4.79 Å². The zero-order valence-corrected chi connectivity index (χ0v) is 12.5. The molecule has 0 bridgehead atoms. The maximum absolute atomic E-state index is 12.0. The van der Waals surface area contributed by atoms with E-state index in [-0.39, 0.29) is 24.4 Å². The zero-order chi connectivity index (χ0) is 13.0. The van der Waals surface area contributed by atoms with Crippen LogP contribution < -0.4 is 10.6 Å². The van der Waals surface area contributed by atoms with Gasteiger partial charge in [0.1, 0.15) is 0 Å². The Morgan fingerprint density at radius 2 is 1.95 bits per heavy atom. The Hall–Kier alpha value is -1.06. The molecule has 1 aliphatic rings. The Bertz CT molecular complexity index is 408. The van der Waals surface area contributed by atoms with Gasteiger partial charge in [0, 0.05) is 6.54 Å². The Morgan fingerprint density at radius 3 is 2.53 bits per heavy atom. The molecular formula is C15H23ClN2O. The van der Waals surface area contributed by atoms with Crippen molar-refractivity contribution in [3.05, 3.63) is 34.9 Å². The first kappa shape index (κ1) is 16.0. The second-order valence-corrected chi connectivity index (χ2v) is 5.22. The molecule has 3 nitrogen and oxygen atoms in total. The summed E-state index contributed by atoms with van der Waals surface area (Å²) in [7, 11) is 0. The van der Waals surface area contributed by atoms with Crippen molar-refractivity contribution >= 4 is 18.3 Å². The van der Waals surface area contributed by atoms with Crippen molar-refractivity contribution in [1.82, 2.24) is 10.6 Å². The first-order chi connectivity index (χ1) is 8.65. The number of carbonyl (C=O) groups is 1. The van der Waals surface area contributed by atoms with Gasteiger partial charge in [0.15, 0.2) is 0 Å². The average Bonchev–Trinajstić information content (AvgIpc) is 2.36. The number of aryl methyl sites for hydroxylation is 2. The van der Waals surface area contributed by atoms with E-state index in [1.807, 2.05) is 0 Å². The van der Waals surface area contributed by atoms with Crippen LogP contribution in [0.25, 0.3) is 0 Å². The zero-order valence-electron chi connectivity index (χ0n) is 11.7. The minimum Gasteiger partial charge on any atom is -0.351 e. The first-order valence-corrected chi connectivity index (χ1v) is 6.73. The molecule has 2 N–H and O–H groups in total. The minimum atomic E-state index is 0. The summed E-state index contributed by atoms with van der Waals surface area (Å²) in [6, 6.07) is 6.40. The van der Waals surface area contributed by atoms with Gasteiger partial charge in [-0.25, -0.2) is 0 Å². The van der Waals surface area contributed by atoms with Crippen LogP contribution in [0.15, 0.2) is 18.2 Å². The van der Waals surface area contributed by atoms with Gasteiger partial charge >= 0.3 is 0 Å². The fourth-order valence-electron chi connectivity index (χ4n) is 2.56. The smallest absolute Gasteiger partial charge is 0.237 e. The minimum absolute atomic E-state index is 0. The highest BCUT2D eigenvalue weighted by molar-refractivity contribution is 5.85. The van der Waals surface area contributed by atoms with Gasteiger partial charge < -0.3 is 10.6 Å². The predicted octanol–water partition coefficient (Wildman–Crippen LogP) is 2.48. The highest BCUT2D eigenvalue weighted by atomic mass is 35.5. The van der Waals surface area contributed by atoms with Crippen LogP contribution in [-0.2, 0) is 11.3 Å². The molecule has 0 radical (unpaired) electrons. The Morgan fingerprint density at radius 1 is 1.26 bits per heavy atom. The van der Waals surface area contributed by atoms with E-state index in [2.05, 4.69) is 42.7 Å².